The first-order valence-corrected chi connectivity index (χ1v) is 22.4. The minimum absolute atomic E-state index is 0.160. The topological polar surface area (TPSA) is 70.5 Å². The molecule has 4 aliphatic rings. The van der Waals surface area contributed by atoms with Crippen molar-refractivity contribution in [1.82, 2.24) is 0 Å². The van der Waals surface area contributed by atoms with E-state index >= 15 is 0 Å². The molecule has 0 bridgehead atoms. The van der Waals surface area contributed by atoms with E-state index < -0.39 is 0 Å². The Balaban J connectivity index is 1.19. The molecule has 4 saturated carbocycles. The van der Waals surface area contributed by atoms with Crippen LogP contribution in [0.15, 0.2) is 96.4 Å². The highest BCUT2D eigenvalue weighted by atomic mass is 16.5. The van der Waals surface area contributed by atoms with Crippen LogP contribution in [-0.2, 0) is 5.41 Å². The Morgan fingerprint density at radius 3 is 2.16 bits per heavy atom. The smallest absolute Gasteiger partial charge is 0.129 e. The van der Waals surface area contributed by atoms with Gasteiger partial charge in [-0.05, 0) is 183 Å². The fraction of sp³-hybridized carbons (Fsp3) is 0.577. The molecule has 4 N–H and O–H groups in total. The van der Waals surface area contributed by atoms with Crippen molar-refractivity contribution >= 4 is 5.69 Å². The third kappa shape index (κ3) is 7.93. The molecule has 0 radical (unpaired) electrons. The molecular weight excluding hydrogens is 685 g/mol. The average molecular weight is 757 g/mol. The van der Waals surface area contributed by atoms with Gasteiger partial charge in [-0.3, -0.25) is 0 Å². The monoisotopic (exact) mass is 757 g/mol. The number of ether oxygens (including phenoxy) is 2. The summed E-state index contributed by atoms with van der Waals surface area (Å²) in [5, 5.41) is 0. The Morgan fingerprint density at radius 1 is 0.786 bits per heavy atom. The van der Waals surface area contributed by atoms with Gasteiger partial charge in [-0.15, -0.1) is 0 Å². The highest BCUT2D eigenvalue weighted by Gasteiger charge is 2.62. The Bertz CT molecular complexity index is 1880. The molecule has 0 aromatic heterocycles. The average Bonchev–Trinajstić information content (AvgIpc) is 3.54. The van der Waals surface area contributed by atoms with E-state index in [1.54, 1.807) is 0 Å². The van der Waals surface area contributed by atoms with Crippen LogP contribution >= 0.6 is 0 Å². The first kappa shape index (κ1) is 40.5. The summed E-state index contributed by atoms with van der Waals surface area (Å²) in [5.41, 5.74) is 17.3. The minimum Gasteiger partial charge on any atom is -0.458 e. The molecule has 4 aliphatic carbocycles. The van der Waals surface area contributed by atoms with Gasteiger partial charge in [0.25, 0.3) is 0 Å². The molecule has 56 heavy (non-hydrogen) atoms. The van der Waals surface area contributed by atoms with Gasteiger partial charge in [-0.25, -0.2) is 0 Å². The van der Waals surface area contributed by atoms with Crippen molar-refractivity contribution in [2.45, 2.75) is 137 Å². The molecule has 0 spiro atoms. The van der Waals surface area contributed by atoms with Crippen molar-refractivity contribution in [2.24, 2.45) is 58.0 Å². The van der Waals surface area contributed by atoms with E-state index in [1.807, 2.05) is 43.3 Å². The first-order chi connectivity index (χ1) is 26.9. The third-order valence-electron chi connectivity index (χ3n) is 16.1. The van der Waals surface area contributed by atoms with Gasteiger partial charge in [-0.1, -0.05) is 91.1 Å². The van der Waals surface area contributed by atoms with Crippen LogP contribution in [-0.4, -0.2) is 0 Å². The van der Waals surface area contributed by atoms with E-state index in [9.17, 15) is 0 Å². The van der Waals surface area contributed by atoms with Crippen LogP contribution in [0.4, 0.5) is 5.69 Å². The van der Waals surface area contributed by atoms with E-state index in [0.717, 1.165) is 83.5 Å². The highest BCUT2D eigenvalue weighted by molar-refractivity contribution is 5.49. The highest BCUT2D eigenvalue weighted by Crippen LogP contribution is 2.70. The van der Waals surface area contributed by atoms with Crippen LogP contribution < -0.4 is 20.9 Å². The molecular formula is C52H72N2O2. The normalized spacial score (nSPS) is 32.3. The summed E-state index contributed by atoms with van der Waals surface area (Å²) in [4.78, 5) is 0. The van der Waals surface area contributed by atoms with Crippen molar-refractivity contribution in [2.75, 3.05) is 5.73 Å². The standard InChI is InChI=1S/C52H72N2O2/c1-8-40(53)32-42(9-2)55-43-19-11-16-37(30-43)52(38-17-12-20-44(31-38)56-45-21-13-18-41(54)33-45)29-28-50(6)39(34-52)22-23-46-48-25-24-47(36(5)15-10-14-35(3)4)51(48,7)27-26-49(46)50/h9,11-13,16-21,30-33,35-36,39,46-49H,8,10,14-15,22-29,34,53-54H2,1-7H3/b40-32+,42-9+. The number of nitrogen functional groups attached to an aromatic ring is 1. The van der Waals surface area contributed by atoms with Gasteiger partial charge in [0.1, 0.15) is 23.0 Å². The summed E-state index contributed by atoms with van der Waals surface area (Å²) in [6, 6.07) is 25.6. The first-order valence-electron chi connectivity index (χ1n) is 22.4. The van der Waals surface area contributed by atoms with Gasteiger partial charge >= 0.3 is 0 Å². The lowest BCUT2D eigenvalue weighted by molar-refractivity contribution is -0.122. The molecule has 4 fully saturated rings. The van der Waals surface area contributed by atoms with Crippen LogP contribution in [0.3, 0.4) is 0 Å². The zero-order valence-corrected chi connectivity index (χ0v) is 35.8. The fourth-order valence-electron chi connectivity index (χ4n) is 13.0. The van der Waals surface area contributed by atoms with Crippen LogP contribution in [0.25, 0.3) is 0 Å². The predicted octanol–water partition coefficient (Wildman–Crippen LogP) is 14.0. The van der Waals surface area contributed by atoms with Crippen molar-refractivity contribution in [1.29, 1.82) is 0 Å². The number of allylic oxidation sites excluding steroid dienone is 3. The number of anilines is 1. The summed E-state index contributed by atoms with van der Waals surface area (Å²) < 4.78 is 13.0. The quantitative estimate of drug-likeness (QED) is 0.103. The Kier molecular flexibility index (Phi) is 12.1. The van der Waals surface area contributed by atoms with Gasteiger partial charge in [0.05, 0.1) is 0 Å². The summed E-state index contributed by atoms with van der Waals surface area (Å²) in [6.45, 7) is 16.9. The van der Waals surface area contributed by atoms with Crippen molar-refractivity contribution in [3.05, 3.63) is 108 Å². The molecule has 9 atom stereocenters. The number of nitrogens with two attached hydrogens (primary N) is 2. The summed E-state index contributed by atoms with van der Waals surface area (Å²) in [7, 11) is 0. The maximum absolute atomic E-state index is 6.53. The Hall–Kier alpha value is -3.66. The van der Waals surface area contributed by atoms with Gasteiger partial charge in [0, 0.05) is 22.9 Å². The molecule has 3 aromatic carbocycles. The number of fused-ring (bicyclic) bond motifs is 5. The molecule has 3 aromatic rings. The second-order valence-corrected chi connectivity index (χ2v) is 19.6. The molecule has 302 valence electrons. The molecule has 0 amide bonds. The van der Waals surface area contributed by atoms with Crippen molar-refractivity contribution < 1.29 is 9.47 Å². The predicted molar refractivity (Wildman–Crippen MR) is 235 cm³/mol. The van der Waals surface area contributed by atoms with Crippen LogP contribution in [0.2, 0.25) is 0 Å². The number of benzene rings is 3. The molecule has 4 heteroatoms. The molecule has 7 rings (SSSR count). The van der Waals surface area contributed by atoms with Gasteiger partial charge < -0.3 is 20.9 Å². The van der Waals surface area contributed by atoms with E-state index in [0.29, 0.717) is 22.4 Å². The molecule has 0 aliphatic heterocycles. The third-order valence-corrected chi connectivity index (χ3v) is 16.1. The zero-order chi connectivity index (χ0) is 39.7. The molecule has 9 unspecified atom stereocenters. The number of hydrogen-bond acceptors (Lipinski definition) is 4. The van der Waals surface area contributed by atoms with Gasteiger partial charge in [0.15, 0.2) is 0 Å². The second kappa shape index (κ2) is 16.7. The zero-order valence-electron chi connectivity index (χ0n) is 35.8. The van der Waals surface area contributed by atoms with Gasteiger partial charge in [0.2, 0.25) is 0 Å². The summed E-state index contributed by atoms with van der Waals surface area (Å²) in [5.74, 6) is 9.10. The molecule has 0 heterocycles. The van der Waals surface area contributed by atoms with Crippen LogP contribution in [0.1, 0.15) is 143 Å². The lowest BCUT2D eigenvalue weighted by Crippen LogP contribution is -2.55. The second-order valence-electron chi connectivity index (χ2n) is 19.6. The lowest BCUT2D eigenvalue weighted by Gasteiger charge is -2.63. The number of rotatable bonds is 13. The fourth-order valence-corrected chi connectivity index (χ4v) is 13.0. The van der Waals surface area contributed by atoms with Crippen molar-refractivity contribution in [3.63, 3.8) is 0 Å². The van der Waals surface area contributed by atoms with E-state index in [4.69, 9.17) is 20.9 Å². The Labute approximate surface area is 339 Å². The van der Waals surface area contributed by atoms with Gasteiger partial charge in [-0.2, -0.15) is 0 Å². The lowest BCUT2D eigenvalue weighted by atomic mass is 9.42. The number of hydrogen-bond donors (Lipinski definition) is 2. The Morgan fingerprint density at radius 2 is 1.46 bits per heavy atom. The summed E-state index contributed by atoms with van der Waals surface area (Å²) in [6.07, 6.45) is 20.9. The largest absolute Gasteiger partial charge is 0.458 e. The van der Waals surface area contributed by atoms with Crippen LogP contribution in [0.5, 0.6) is 17.2 Å². The maximum Gasteiger partial charge on any atom is 0.129 e. The van der Waals surface area contributed by atoms with E-state index in [-0.39, 0.29) is 5.41 Å². The maximum atomic E-state index is 6.53. The van der Waals surface area contributed by atoms with E-state index in [1.165, 1.54) is 75.3 Å². The SMILES string of the molecule is C/C=C(\C=C(\N)CC)Oc1cccc(C2(c3cccc(Oc4cccc(N)c4)c3)CCC3(C)C(CCC4C3CCC3(C)C(C(C)CCCC(C)C)CCC43)C2)c1. The van der Waals surface area contributed by atoms with Crippen molar-refractivity contribution in [3.8, 4) is 17.2 Å². The summed E-state index contributed by atoms with van der Waals surface area (Å²) >= 11 is 0. The molecule has 4 nitrogen and oxygen atoms in total. The minimum atomic E-state index is -0.160. The van der Waals surface area contributed by atoms with Crippen LogP contribution in [0, 0.1) is 52.3 Å². The molecule has 0 saturated heterocycles. The van der Waals surface area contributed by atoms with E-state index in [2.05, 4.69) is 90.1 Å².